The second-order valence-electron chi connectivity index (χ2n) is 7.33. The van der Waals surface area contributed by atoms with Gasteiger partial charge in [0.1, 0.15) is 21.2 Å². The number of carbonyl (C=O) groups is 2. The van der Waals surface area contributed by atoms with Crippen molar-refractivity contribution < 1.29 is 14.1 Å². The van der Waals surface area contributed by atoms with Crippen LogP contribution in [0.3, 0.4) is 0 Å². The molecule has 8 heteroatoms. The van der Waals surface area contributed by atoms with Gasteiger partial charge in [-0.15, -0.1) is 22.7 Å². The van der Waals surface area contributed by atoms with Crippen LogP contribution in [0.5, 0.6) is 0 Å². The number of ketones is 2. The maximum Gasteiger partial charge on any atom is 0.227 e. The van der Waals surface area contributed by atoms with Crippen LogP contribution in [0, 0.1) is 13.8 Å². The number of carbonyl (C=O) groups excluding carboxylic acids is 2. The first-order valence-electron chi connectivity index (χ1n) is 10.1. The molecule has 0 spiro atoms. The van der Waals surface area contributed by atoms with Crippen LogP contribution >= 0.6 is 22.7 Å². The first-order valence-corrected chi connectivity index (χ1v) is 11.8. The minimum absolute atomic E-state index is 0.0135. The minimum Gasteiger partial charge on any atom is -0.363 e. The maximum absolute atomic E-state index is 13.3. The van der Waals surface area contributed by atoms with Crippen molar-refractivity contribution in [1.82, 2.24) is 15.1 Å². The van der Waals surface area contributed by atoms with Crippen LogP contribution in [0.25, 0.3) is 21.1 Å². The zero-order chi connectivity index (χ0) is 22.9. The Hall–Kier alpha value is -3.75. The fraction of sp³-hybridized carbons (Fsp3) is 0.0800. The summed E-state index contributed by atoms with van der Waals surface area (Å²) < 4.78 is 5.07. The highest BCUT2D eigenvalue weighted by Gasteiger charge is 2.29. The van der Waals surface area contributed by atoms with Crippen molar-refractivity contribution in [2.45, 2.75) is 13.8 Å². The molecule has 0 N–H and O–H groups in total. The van der Waals surface area contributed by atoms with Crippen LogP contribution < -0.4 is 0 Å². The molecule has 0 radical (unpaired) electrons. The molecule has 0 bridgehead atoms. The normalized spacial score (nSPS) is 11.0. The third-order valence-corrected chi connectivity index (χ3v) is 7.49. The van der Waals surface area contributed by atoms with Gasteiger partial charge in [-0.1, -0.05) is 65.8 Å². The van der Waals surface area contributed by atoms with Crippen LogP contribution in [0.4, 0.5) is 0 Å². The number of rotatable bonds is 6. The molecule has 3 heterocycles. The fourth-order valence-electron chi connectivity index (χ4n) is 3.41. The molecule has 0 unspecified atom stereocenters. The predicted octanol–water partition coefficient (Wildman–Crippen LogP) is 6.00. The number of benzene rings is 2. The second kappa shape index (κ2) is 8.65. The molecule has 6 nitrogen and oxygen atoms in total. The molecule has 5 rings (SSSR count). The van der Waals surface area contributed by atoms with E-state index in [9.17, 15) is 9.59 Å². The molecular formula is C25H17N3O3S2. The predicted molar refractivity (Wildman–Crippen MR) is 128 cm³/mol. The quantitative estimate of drug-likeness (QED) is 0.282. The SMILES string of the molecule is Cc1nc(-c2ccccc2)sc1C(=O)c1conc1C(=O)c1sc(-c2ccccc2)nc1C. The van der Waals surface area contributed by atoms with Crippen LogP contribution in [-0.2, 0) is 0 Å². The molecule has 0 aliphatic rings. The van der Waals surface area contributed by atoms with Gasteiger partial charge in [0.25, 0.3) is 0 Å². The van der Waals surface area contributed by atoms with Crippen LogP contribution in [0.2, 0.25) is 0 Å². The molecular weight excluding hydrogens is 454 g/mol. The Bertz CT molecular complexity index is 1360. The Labute approximate surface area is 197 Å². The van der Waals surface area contributed by atoms with E-state index in [1.54, 1.807) is 13.8 Å². The molecule has 33 heavy (non-hydrogen) atoms. The number of hydrogen-bond acceptors (Lipinski definition) is 8. The Balaban J connectivity index is 1.48. The van der Waals surface area contributed by atoms with Gasteiger partial charge >= 0.3 is 0 Å². The van der Waals surface area contributed by atoms with Gasteiger partial charge in [-0.2, -0.15) is 0 Å². The lowest BCUT2D eigenvalue weighted by Gasteiger charge is -1.99. The van der Waals surface area contributed by atoms with Crippen LogP contribution in [-0.4, -0.2) is 26.7 Å². The summed E-state index contributed by atoms with van der Waals surface area (Å²) in [6.45, 7) is 3.56. The van der Waals surface area contributed by atoms with Crippen molar-refractivity contribution >= 4 is 34.2 Å². The van der Waals surface area contributed by atoms with Crippen LogP contribution in [0.1, 0.15) is 42.0 Å². The number of hydrogen-bond donors (Lipinski definition) is 0. The topological polar surface area (TPSA) is 86.0 Å². The van der Waals surface area contributed by atoms with E-state index in [4.69, 9.17) is 4.52 Å². The summed E-state index contributed by atoms with van der Waals surface area (Å²) in [5.74, 6) is -0.711. The van der Waals surface area contributed by atoms with Gasteiger partial charge in [0.2, 0.25) is 11.6 Å². The zero-order valence-electron chi connectivity index (χ0n) is 17.7. The van der Waals surface area contributed by atoms with Crippen molar-refractivity contribution in [1.29, 1.82) is 0 Å². The third-order valence-electron chi connectivity index (χ3n) is 5.08. The standard InChI is InChI=1S/C25H17N3O3S2/c1-14-22(32-24(26-14)16-9-5-3-6-10-16)20(29)18-13-31-28-19(18)21(30)23-15(2)27-25(33-23)17-11-7-4-8-12-17/h3-13H,1-2H3. The molecule has 162 valence electrons. The van der Waals surface area contributed by atoms with Gasteiger partial charge in [0.05, 0.1) is 21.8 Å². The molecule has 0 saturated carbocycles. The van der Waals surface area contributed by atoms with E-state index < -0.39 is 0 Å². The van der Waals surface area contributed by atoms with Crippen LogP contribution in [0.15, 0.2) is 71.4 Å². The van der Waals surface area contributed by atoms with Crippen molar-refractivity contribution in [3.63, 3.8) is 0 Å². The van der Waals surface area contributed by atoms with Gasteiger partial charge in [-0.05, 0) is 13.8 Å². The number of aryl methyl sites for hydroxylation is 2. The van der Waals surface area contributed by atoms with Crippen molar-refractivity contribution in [3.8, 4) is 21.1 Å². The van der Waals surface area contributed by atoms with Gasteiger partial charge in [-0.25, -0.2) is 9.97 Å². The summed E-state index contributed by atoms with van der Waals surface area (Å²) in [5.41, 5.74) is 3.16. The number of nitrogens with zero attached hydrogens (tertiary/aromatic N) is 3. The number of thiazole rings is 2. The highest BCUT2D eigenvalue weighted by molar-refractivity contribution is 7.17. The Kier molecular flexibility index (Phi) is 5.53. The van der Waals surface area contributed by atoms with E-state index in [1.807, 2.05) is 60.7 Å². The van der Waals surface area contributed by atoms with E-state index in [0.29, 0.717) is 21.1 Å². The van der Waals surface area contributed by atoms with Crippen molar-refractivity contribution in [2.75, 3.05) is 0 Å². The summed E-state index contributed by atoms with van der Waals surface area (Å²) in [6.07, 6.45) is 1.23. The van der Waals surface area contributed by atoms with E-state index in [2.05, 4.69) is 15.1 Å². The van der Waals surface area contributed by atoms with Gasteiger partial charge in [-0.3, -0.25) is 9.59 Å². The first-order chi connectivity index (χ1) is 16.0. The number of aromatic nitrogens is 3. The highest BCUT2D eigenvalue weighted by Crippen LogP contribution is 2.32. The molecule has 3 aromatic heterocycles. The van der Waals surface area contributed by atoms with Gasteiger partial charge in [0.15, 0.2) is 5.69 Å². The molecule has 0 amide bonds. The maximum atomic E-state index is 13.3. The second-order valence-corrected chi connectivity index (χ2v) is 9.33. The average molecular weight is 472 g/mol. The average Bonchev–Trinajstić information content (AvgIpc) is 3.58. The van der Waals surface area contributed by atoms with E-state index in [-0.39, 0.29) is 22.8 Å². The highest BCUT2D eigenvalue weighted by atomic mass is 32.1. The smallest absolute Gasteiger partial charge is 0.227 e. The minimum atomic E-state index is -0.380. The summed E-state index contributed by atoms with van der Waals surface area (Å²) in [4.78, 5) is 36.7. The van der Waals surface area contributed by atoms with Gasteiger partial charge < -0.3 is 4.52 Å². The van der Waals surface area contributed by atoms with Crippen molar-refractivity contribution in [3.05, 3.63) is 99.3 Å². The molecule has 0 saturated heterocycles. The monoisotopic (exact) mass is 471 g/mol. The molecule has 5 aromatic rings. The van der Waals surface area contributed by atoms with Gasteiger partial charge in [0, 0.05) is 11.1 Å². The van der Waals surface area contributed by atoms with E-state index in [0.717, 1.165) is 21.1 Å². The lowest BCUT2D eigenvalue weighted by Crippen LogP contribution is -2.10. The molecule has 2 aromatic carbocycles. The summed E-state index contributed by atoms with van der Waals surface area (Å²) >= 11 is 2.56. The Morgan fingerprint density at radius 3 is 1.73 bits per heavy atom. The first kappa shape index (κ1) is 21.1. The van der Waals surface area contributed by atoms with E-state index >= 15 is 0 Å². The lowest BCUT2D eigenvalue weighted by molar-refractivity contribution is 0.100. The lowest BCUT2D eigenvalue weighted by atomic mass is 10.1. The van der Waals surface area contributed by atoms with Crippen molar-refractivity contribution in [2.24, 2.45) is 0 Å². The largest absolute Gasteiger partial charge is 0.363 e. The summed E-state index contributed by atoms with van der Waals surface area (Å²) in [6, 6.07) is 19.3. The third kappa shape index (κ3) is 3.94. The van der Waals surface area contributed by atoms with E-state index in [1.165, 1.54) is 28.9 Å². The molecule has 0 aliphatic heterocycles. The summed E-state index contributed by atoms with van der Waals surface area (Å²) in [5, 5.41) is 5.35. The fourth-order valence-corrected chi connectivity index (χ4v) is 5.45. The summed E-state index contributed by atoms with van der Waals surface area (Å²) in [7, 11) is 0. The molecule has 0 fully saturated rings. The Morgan fingerprint density at radius 2 is 1.21 bits per heavy atom. The molecule has 0 atom stereocenters. The Morgan fingerprint density at radius 1 is 0.727 bits per heavy atom. The molecule has 0 aliphatic carbocycles. The zero-order valence-corrected chi connectivity index (χ0v) is 19.4.